The van der Waals surface area contributed by atoms with E-state index in [1.54, 1.807) is 0 Å². The van der Waals surface area contributed by atoms with E-state index in [1.807, 2.05) is 24.3 Å². The van der Waals surface area contributed by atoms with Crippen LogP contribution < -0.4 is 5.32 Å². The van der Waals surface area contributed by atoms with Crippen molar-refractivity contribution in [3.05, 3.63) is 33.4 Å². The summed E-state index contributed by atoms with van der Waals surface area (Å²) in [6, 6.07) is 6.80. The van der Waals surface area contributed by atoms with E-state index < -0.39 is 12.0 Å². The zero-order valence-electron chi connectivity index (χ0n) is 9.73. The van der Waals surface area contributed by atoms with Crippen molar-refractivity contribution in [1.82, 2.24) is 5.32 Å². The van der Waals surface area contributed by atoms with Crippen LogP contribution in [-0.2, 0) is 16.0 Å². The van der Waals surface area contributed by atoms with Gasteiger partial charge in [-0.3, -0.25) is 4.79 Å². The first-order valence-corrected chi connectivity index (χ1v) is 6.92. The minimum atomic E-state index is -0.983. The number of nitrogens with one attached hydrogen (secondary N) is 1. The molecule has 0 aromatic heterocycles. The average Bonchev–Trinajstić information content (AvgIpc) is 3.11. The second-order valence-corrected chi connectivity index (χ2v) is 5.75. The summed E-state index contributed by atoms with van der Waals surface area (Å²) in [4.78, 5) is 22.8. The SMILES string of the molecule is O=C(N[C@H](Cc1cccc(I)c1)C(=O)O)C1CC1. The van der Waals surface area contributed by atoms with Crippen LogP contribution in [0.3, 0.4) is 0 Å². The molecule has 0 unspecified atom stereocenters. The van der Waals surface area contributed by atoms with Crippen LogP contribution in [0.5, 0.6) is 0 Å². The van der Waals surface area contributed by atoms with E-state index in [0.717, 1.165) is 22.0 Å². The van der Waals surface area contributed by atoms with Crippen LogP contribution in [-0.4, -0.2) is 23.0 Å². The van der Waals surface area contributed by atoms with Crippen LogP contribution in [0, 0.1) is 9.49 Å². The predicted octanol–water partition coefficient (Wildman–Crippen LogP) is 1.81. The first kappa shape index (κ1) is 13.3. The summed E-state index contributed by atoms with van der Waals surface area (Å²) in [7, 11) is 0. The molecule has 0 spiro atoms. The number of carbonyl (C=O) groups is 2. The summed E-state index contributed by atoms with van der Waals surface area (Å²) >= 11 is 2.18. The van der Waals surface area contributed by atoms with Crippen LogP contribution >= 0.6 is 22.6 Å². The molecule has 96 valence electrons. The topological polar surface area (TPSA) is 66.4 Å². The van der Waals surface area contributed by atoms with Crippen molar-refractivity contribution >= 4 is 34.5 Å². The Morgan fingerprint density at radius 2 is 2.17 bits per heavy atom. The van der Waals surface area contributed by atoms with E-state index in [1.165, 1.54) is 0 Å². The summed E-state index contributed by atoms with van der Waals surface area (Å²) in [5, 5.41) is 11.7. The van der Waals surface area contributed by atoms with Crippen LogP contribution in [0.4, 0.5) is 0 Å². The van der Waals surface area contributed by atoms with E-state index in [-0.39, 0.29) is 11.8 Å². The fourth-order valence-corrected chi connectivity index (χ4v) is 2.34. The molecule has 0 bridgehead atoms. The first-order chi connectivity index (χ1) is 8.56. The Hall–Kier alpha value is -1.11. The summed E-state index contributed by atoms with van der Waals surface area (Å²) in [5.74, 6) is -1.08. The third-order valence-corrected chi connectivity index (χ3v) is 3.56. The van der Waals surface area contributed by atoms with Gasteiger partial charge in [0.15, 0.2) is 0 Å². The number of amides is 1. The van der Waals surface area contributed by atoms with Crippen molar-refractivity contribution in [2.45, 2.75) is 25.3 Å². The minimum absolute atomic E-state index is 0.0303. The Morgan fingerprint density at radius 3 is 2.72 bits per heavy atom. The Labute approximate surface area is 119 Å². The summed E-state index contributed by atoms with van der Waals surface area (Å²) < 4.78 is 1.06. The maximum Gasteiger partial charge on any atom is 0.326 e. The second-order valence-electron chi connectivity index (χ2n) is 4.51. The van der Waals surface area contributed by atoms with Crippen LogP contribution in [0.1, 0.15) is 18.4 Å². The lowest BCUT2D eigenvalue weighted by Crippen LogP contribution is -2.43. The molecule has 1 atom stereocenters. The van der Waals surface area contributed by atoms with Gasteiger partial charge in [-0.15, -0.1) is 0 Å². The number of benzene rings is 1. The molecule has 0 aliphatic heterocycles. The molecule has 0 heterocycles. The summed E-state index contributed by atoms with van der Waals surface area (Å²) in [6.07, 6.45) is 2.08. The van der Waals surface area contributed by atoms with Gasteiger partial charge >= 0.3 is 5.97 Å². The number of aliphatic carboxylic acids is 1. The molecular formula is C13H14INO3. The molecule has 1 aliphatic carbocycles. The average molecular weight is 359 g/mol. The highest BCUT2D eigenvalue weighted by Gasteiger charge is 2.32. The fraction of sp³-hybridized carbons (Fsp3) is 0.385. The van der Waals surface area contributed by atoms with Crippen LogP contribution in [0.25, 0.3) is 0 Å². The largest absolute Gasteiger partial charge is 0.480 e. The van der Waals surface area contributed by atoms with Gasteiger partial charge in [0.1, 0.15) is 6.04 Å². The number of rotatable bonds is 5. The number of hydrogen-bond acceptors (Lipinski definition) is 2. The monoisotopic (exact) mass is 359 g/mol. The van der Waals surface area contributed by atoms with Gasteiger partial charge in [-0.1, -0.05) is 12.1 Å². The molecule has 1 aromatic carbocycles. The lowest BCUT2D eigenvalue weighted by Gasteiger charge is -2.14. The predicted molar refractivity (Wildman–Crippen MR) is 75.2 cm³/mol. The third-order valence-electron chi connectivity index (χ3n) is 2.89. The molecule has 4 nitrogen and oxygen atoms in total. The fourth-order valence-electron chi connectivity index (χ4n) is 1.73. The molecule has 1 fully saturated rings. The molecular weight excluding hydrogens is 345 g/mol. The Kier molecular flexibility index (Phi) is 4.21. The van der Waals surface area contributed by atoms with Crippen molar-refractivity contribution in [3.63, 3.8) is 0 Å². The van der Waals surface area contributed by atoms with Crippen molar-refractivity contribution in [2.24, 2.45) is 5.92 Å². The van der Waals surface area contributed by atoms with Crippen molar-refractivity contribution in [2.75, 3.05) is 0 Å². The maximum absolute atomic E-state index is 11.6. The van der Waals surface area contributed by atoms with Crippen molar-refractivity contribution in [1.29, 1.82) is 0 Å². The van der Waals surface area contributed by atoms with Crippen LogP contribution in [0.15, 0.2) is 24.3 Å². The Bertz CT molecular complexity index is 471. The zero-order chi connectivity index (χ0) is 13.1. The smallest absolute Gasteiger partial charge is 0.326 e. The standard InChI is InChI=1S/C13H14INO3/c14-10-3-1-2-8(6-10)7-11(13(17)18)15-12(16)9-4-5-9/h1-3,6,9,11H,4-5,7H2,(H,15,16)(H,17,18)/t11-/m1/s1. The van der Waals surface area contributed by atoms with Crippen LogP contribution in [0.2, 0.25) is 0 Å². The number of carboxylic acid groups (broad SMARTS) is 1. The third kappa shape index (κ3) is 3.69. The van der Waals surface area contributed by atoms with Gasteiger partial charge in [-0.25, -0.2) is 4.79 Å². The lowest BCUT2D eigenvalue weighted by atomic mass is 10.1. The lowest BCUT2D eigenvalue weighted by molar-refractivity contribution is -0.142. The normalized spacial score (nSPS) is 16.1. The highest BCUT2D eigenvalue weighted by molar-refractivity contribution is 14.1. The number of halogens is 1. The molecule has 5 heteroatoms. The Balaban J connectivity index is 2.01. The number of carbonyl (C=O) groups excluding carboxylic acids is 1. The molecule has 1 saturated carbocycles. The van der Waals surface area contributed by atoms with E-state index in [0.29, 0.717) is 6.42 Å². The number of carboxylic acids is 1. The van der Waals surface area contributed by atoms with Gasteiger partial charge in [0.05, 0.1) is 0 Å². The maximum atomic E-state index is 11.6. The molecule has 1 aromatic rings. The molecule has 1 amide bonds. The van der Waals surface area contributed by atoms with E-state index in [4.69, 9.17) is 5.11 Å². The molecule has 0 saturated heterocycles. The van der Waals surface area contributed by atoms with Gasteiger partial charge in [-0.2, -0.15) is 0 Å². The highest BCUT2D eigenvalue weighted by Crippen LogP contribution is 2.29. The molecule has 1 aliphatic rings. The van der Waals surface area contributed by atoms with Crippen molar-refractivity contribution in [3.8, 4) is 0 Å². The van der Waals surface area contributed by atoms with Gasteiger partial charge in [-0.05, 0) is 53.1 Å². The molecule has 2 rings (SSSR count). The second kappa shape index (κ2) is 5.69. The minimum Gasteiger partial charge on any atom is -0.480 e. The summed E-state index contributed by atoms with van der Waals surface area (Å²) in [6.45, 7) is 0. The summed E-state index contributed by atoms with van der Waals surface area (Å²) in [5.41, 5.74) is 0.922. The Morgan fingerprint density at radius 1 is 1.44 bits per heavy atom. The van der Waals surface area contributed by atoms with Crippen molar-refractivity contribution < 1.29 is 14.7 Å². The quantitative estimate of drug-likeness (QED) is 0.789. The number of hydrogen-bond donors (Lipinski definition) is 2. The molecule has 2 N–H and O–H groups in total. The van der Waals surface area contributed by atoms with Gasteiger partial charge in [0.25, 0.3) is 0 Å². The molecule has 0 radical (unpaired) electrons. The highest BCUT2D eigenvalue weighted by atomic mass is 127. The van der Waals surface area contributed by atoms with E-state index in [9.17, 15) is 9.59 Å². The van der Waals surface area contributed by atoms with Gasteiger partial charge in [0.2, 0.25) is 5.91 Å². The first-order valence-electron chi connectivity index (χ1n) is 5.84. The van der Waals surface area contributed by atoms with E-state index >= 15 is 0 Å². The molecule has 18 heavy (non-hydrogen) atoms. The zero-order valence-corrected chi connectivity index (χ0v) is 11.9. The van der Waals surface area contributed by atoms with E-state index in [2.05, 4.69) is 27.9 Å². The van der Waals surface area contributed by atoms with Gasteiger partial charge in [0, 0.05) is 15.9 Å². The van der Waals surface area contributed by atoms with Gasteiger partial charge < -0.3 is 10.4 Å².